The lowest BCUT2D eigenvalue weighted by molar-refractivity contribution is 0.317. The zero-order valence-corrected chi connectivity index (χ0v) is 10.5. The number of para-hydroxylation sites is 1. The molecule has 0 heterocycles. The van der Waals surface area contributed by atoms with Crippen LogP contribution in [0.25, 0.3) is 6.08 Å². The van der Waals surface area contributed by atoms with Gasteiger partial charge in [0.25, 0.3) is 0 Å². The van der Waals surface area contributed by atoms with E-state index in [9.17, 15) is 0 Å². The van der Waals surface area contributed by atoms with Crippen LogP contribution in [0.5, 0.6) is 5.75 Å². The Hall–Kier alpha value is -1.86. The Morgan fingerprint density at radius 1 is 1.53 bits per heavy atom. The van der Waals surface area contributed by atoms with E-state index < -0.39 is 0 Å². The van der Waals surface area contributed by atoms with Crippen molar-refractivity contribution >= 4 is 23.3 Å². The fraction of sp³-hybridized carbons (Fsp3) is 0.231. The minimum atomic E-state index is 0.0952. The van der Waals surface area contributed by atoms with Gasteiger partial charge in [-0.15, -0.1) is 0 Å². The number of nitrogens with zero attached hydrogens (tertiary/aromatic N) is 1. The van der Waals surface area contributed by atoms with E-state index in [1.807, 2.05) is 37.3 Å². The molecule has 17 heavy (non-hydrogen) atoms. The van der Waals surface area contributed by atoms with E-state index in [0.29, 0.717) is 6.61 Å². The molecule has 88 valence electrons. The van der Waals surface area contributed by atoms with Gasteiger partial charge in [0.15, 0.2) is 0 Å². The molecule has 0 aliphatic heterocycles. The van der Waals surface area contributed by atoms with E-state index >= 15 is 0 Å². The third kappa shape index (κ3) is 3.89. The van der Waals surface area contributed by atoms with Gasteiger partial charge in [0.2, 0.25) is 0 Å². The molecule has 0 unspecified atom stereocenters. The van der Waals surface area contributed by atoms with Crippen LogP contribution in [0.1, 0.15) is 18.9 Å². The first-order chi connectivity index (χ1) is 8.19. The van der Waals surface area contributed by atoms with Crippen molar-refractivity contribution in [2.24, 2.45) is 5.73 Å². The summed E-state index contributed by atoms with van der Waals surface area (Å²) >= 11 is 4.79. The van der Waals surface area contributed by atoms with Crippen LogP contribution in [-0.4, -0.2) is 11.6 Å². The number of hydrogen-bond acceptors (Lipinski definition) is 3. The van der Waals surface area contributed by atoms with E-state index in [0.717, 1.165) is 17.7 Å². The molecule has 1 aromatic carbocycles. The van der Waals surface area contributed by atoms with E-state index in [-0.39, 0.29) is 10.6 Å². The molecule has 0 radical (unpaired) electrons. The second-order valence-electron chi connectivity index (χ2n) is 3.42. The third-order valence-corrected chi connectivity index (χ3v) is 2.29. The van der Waals surface area contributed by atoms with Gasteiger partial charge in [-0.05, 0) is 18.6 Å². The highest BCUT2D eigenvalue weighted by molar-refractivity contribution is 7.80. The summed E-state index contributed by atoms with van der Waals surface area (Å²) in [5, 5.41) is 8.90. The van der Waals surface area contributed by atoms with Gasteiger partial charge >= 0.3 is 0 Å². The first-order valence-corrected chi connectivity index (χ1v) is 5.73. The van der Waals surface area contributed by atoms with Gasteiger partial charge in [-0.2, -0.15) is 5.26 Å². The van der Waals surface area contributed by atoms with Gasteiger partial charge in [-0.25, -0.2) is 0 Å². The molecule has 0 saturated heterocycles. The lowest BCUT2D eigenvalue weighted by atomic mass is 10.1. The van der Waals surface area contributed by atoms with Gasteiger partial charge in [0.1, 0.15) is 16.8 Å². The van der Waals surface area contributed by atoms with E-state index in [2.05, 4.69) is 0 Å². The molecule has 0 atom stereocenters. The van der Waals surface area contributed by atoms with Crippen LogP contribution in [0, 0.1) is 11.3 Å². The molecule has 3 nitrogen and oxygen atoms in total. The van der Waals surface area contributed by atoms with Crippen molar-refractivity contribution in [1.82, 2.24) is 0 Å². The Morgan fingerprint density at radius 2 is 2.24 bits per heavy atom. The summed E-state index contributed by atoms with van der Waals surface area (Å²) in [6.07, 6.45) is 2.58. The summed E-state index contributed by atoms with van der Waals surface area (Å²) in [5.74, 6) is 0.735. The molecule has 0 bridgehead atoms. The van der Waals surface area contributed by atoms with Crippen molar-refractivity contribution in [3.05, 3.63) is 35.4 Å². The molecular weight excluding hydrogens is 232 g/mol. The number of benzene rings is 1. The summed E-state index contributed by atoms with van der Waals surface area (Å²) in [7, 11) is 0. The zero-order chi connectivity index (χ0) is 12.7. The zero-order valence-electron chi connectivity index (χ0n) is 9.64. The van der Waals surface area contributed by atoms with Crippen LogP contribution in [-0.2, 0) is 0 Å². The van der Waals surface area contributed by atoms with Gasteiger partial charge in [0.05, 0.1) is 12.2 Å². The number of nitrogens with two attached hydrogens (primary N) is 1. The van der Waals surface area contributed by atoms with Crippen LogP contribution >= 0.6 is 12.2 Å². The Morgan fingerprint density at radius 3 is 2.82 bits per heavy atom. The Bertz CT molecular complexity index is 475. The Labute approximate surface area is 107 Å². The summed E-state index contributed by atoms with van der Waals surface area (Å²) in [5.41, 5.74) is 6.54. The molecule has 0 aromatic heterocycles. The SMILES string of the molecule is CCCOc1ccccc1/C=C(\C#N)C(N)=S. The van der Waals surface area contributed by atoms with Crippen molar-refractivity contribution < 1.29 is 4.74 Å². The molecule has 0 amide bonds. The monoisotopic (exact) mass is 246 g/mol. The Balaban J connectivity index is 3.05. The second kappa shape index (κ2) is 6.66. The van der Waals surface area contributed by atoms with Crippen molar-refractivity contribution in [3.63, 3.8) is 0 Å². The minimum Gasteiger partial charge on any atom is -0.493 e. The van der Waals surface area contributed by atoms with Gasteiger partial charge in [-0.3, -0.25) is 0 Å². The average Bonchev–Trinajstić information content (AvgIpc) is 2.34. The van der Waals surface area contributed by atoms with Crippen molar-refractivity contribution in [1.29, 1.82) is 5.26 Å². The van der Waals surface area contributed by atoms with E-state index in [4.69, 9.17) is 28.0 Å². The minimum absolute atomic E-state index is 0.0952. The number of hydrogen-bond donors (Lipinski definition) is 1. The van der Waals surface area contributed by atoms with Crippen LogP contribution < -0.4 is 10.5 Å². The molecule has 4 heteroatoms. The molecule has 0 fully saturated rings. The number of thiocarbonyl (C=S) groups is 1. The highest BCUT2D eigenvalue weighted by Gasteiger charge is 2.04. The van der Waals surface area contributed by atoms with E-state index in [1.165, 1.54) is 0 Å². The second-order valence-corrected chi connectivity index (χ2v) is 3.86. The maximum absolute atomic E-state index is 8.90. The standard InChI is InChI=1S/C13H14N2OS/c1-2-7-16-12-6-4-3-5-10(12)8-11(9-14)13(15)17/h3-6,8H,2,7H2,1H3,(H2,15,17)/b11-8+. The van der Waals surface area contributed by atoms with Gasteiger partial charge in [-0.1, -0.05) is 37.3 Å². The van der Waals surface area contributed by atoms with Gasteiger partial charge < -0.3 is 10.5 Å². The molecule has 0 saturated carbocycles. The van der Waals surface area contributed by atoms with Crippen molar-refractivity contribution in [3.8, 4) is 11.8 Å². The molecular formula is C13H14N2OS. The van der Waals surface area contributed by atoms with Crippen molar-refractivity contribution in [2.45, 2.75) is 13.3 Å². The molecule has 1 aromatic rings. The smallest absolute Gasteiger partial charge is 0.126 e. The number of ether oxygens (including phenoxy) is 1. The molecule has 2 N–H and O–H groups in total. The Kier molecular flexibility index (Phi) is 5.18. The number of nitriles is 1. The summed E-state index contributed by atoms with van der Waals surface area (Å²) < 4.78 is 5.57. The molecule has 0 aliphatic carbocycles. The largest absolute Gasteiger partial charge is 0.493 e. The van der Waals surface area contributed by atoms with Crippen LogP contribution in [0.15, 0.2) is 29.8 Å². The summed E-state index contributed by atoms with van der Waals surface area (Å²) in [4.78, 5) is 0.0952. The normalized spacial score (nSPS) is 10.7. The highest BCUT2D eigenvalue weighted by Crippen LogP contribution is 2.21. The molecule has 0 aliphatic rings. The highest BCUT2D eigenvalue weighted by atomic mass is 32.1. The van der Waals surface area contributed by atoms with Crippen molar-refractivity contribution in [2.75, 3.05) is 6.61 Å². The van der Waals surface area contributed by atoms with Crippen LogP contribution in [0.3, 0.4) is 0 Å². The first-order valence-electron chi connectivity index (χ1n) is 5.32. The quantitative estimate of drug-likeness (QED) is 0.493. The topological polar surface area (TPSA) is 59.0 Å². The summed E-state index contributed by atoms with van der Waals surface area (Å²) in [6.45, 7) is 2.67. The van der Waals surface area contributed by atoms with Crippen LogP contribution in [0.2, 0.25) is 0 Å². The van der Waals surface area contributed by atoms with E-state index in [1.54, 1.807) is 6.08 Å². The lowest BCUT2D eigenvalue weighted by Gasteiger charge is -2.08. The predicted octanol–water partition coefficient (Wildman–Crippen LogP) is 2.67. The average molecular weight is 246 g/mol. The molecule has 1 rings (SSSR count). The summed E-state index contributed by atoms with van der Waals surface area (Å²) in [6, 6.07) is 9.45. The first kappa shape index (κ1) is 13.2. The predicted molar refractivity (Wildman–Crippen MR) is 72.6 cm³/mol. The molecule has 0 spiro atoms. The number of rotatable bonds is 5. The third-order valence-electron chi connectivity index (χ3n) is 2.07. The lowest BCUT2D eigenvalue weighted by Crippen LogP contribution is -2.09. The fourth-order valence-electron chi connectivity index (χ4n) is 1.26. The maximum atomic E-state index is 8.90. The maximum Gasteiger partial charge on any atom is 0.126 e. The fourth-order valence-corrected chi connectivity index (χ4v) is 1.36. The van der Waals surface area contributed by atoms with Gasteiger partial charge in [0, 0.05) is 5.56 Å². The van der Waals surface area contributed by atoms with Crippen LogP contribution in [0.4, 0.5) is 0 Å².